The van der Waals surface area contributed by atoms with Gasteiger partial charge in [-0.2, -0.15) is 0 Å². The number of carbonyl (C=O) groups excluding carboxylic acids is 2. The molecule has 3 rings (SSSR count). The van der Waals surface area contributed by atoms with Crippen molar-refractivity contribution >= 4 is 57.4 Å². The number of hydrogen-bond donors (Lipinski definition) is 4. The number of benzene rings is 2. The van der Waals surface area contributed by atoms with E-state index in [9.17, 15) is 29.4 Å². The number of carboxylic acid groups (broad SMARTS) is 2. The van der Waals surface area contributed by atoms with E-state index in [4.69, 9.17) is 15.6 Å². The minimum absolute atomic E-state index is 0.00225. The summed E-state index contributed by atoms with van der Waals surface area (Å²) in [7, 11) is 15.4. The van der Waals surface area contributed by atoms with Crippen LogP contribution >= 0.6 is 0 Å². The third-order valence-corrected chi connectivity index (χ3v) is 9.03. The van der Waals surface area contributed by atoms with Gasteiger partial charge in [0.1, 0.15) is 7.85 Å². The summed E-state index contributed by atoms with van der Waals surface area (Å²) in [5.41, 5.74) is 1.77. The lowest BCUT2D eigenvalue weighted by molar-refractivity contribution is 0.0682. The van der Waals surface area contributed by atoms with Crippen molar-refractivity contribution in [2.45, 2.75) is 85.6 Å². The lowest BCUT2D eigenvalue weighted by Crippen LogP contribution is -2.46. The number of carboxylic acids is 2. The van der Waals surface area contributed by atoms with E-state index < -0.39 is 29.2 Å². The van der Waals surface area contributed by atoms with Crippen molar-refractivity contribution in [3.05, 3.63) is 55.6 Å². The highest BCUT2D eigenvalue weighted by Crippen LogP contribution is 2.40. The lowest BCUT2D eigenvalue weighted by Gasteiger charge is -2.37. The van der Waals surface area contributed by atoms with Gasteiger partial charge < -0.3 is 20.8 Å². The zero-order chi connectivity index (χ0) is 31.8. The number of aromatic carboxylic acids is 2. The second kappa shape index (κ2) is 12.4. The molecule has 2 amide bonds. The molecule has 5 radical (unpaired) electrons. The van der Waals surface area contributed by atoms with Gasteiger partial charge in [0.25, 0.3) is 11.8 Å². The zero-order valence-corrected chi connectivity index (χ0v) is 25.7. The van der Waals surface area contributed by atoms with Gasteiger partial charge in [0.15, 0.2) is 0 Å². The fourth-order valence-electron chi connectivity index (χ4n) is 6.95. The molecule has 0 unspecified atom stereocenters. The molecule has 1 fully saturated rings. The Morgan fingerprint density at radius 3 is 1.81 bits per heavy atom. The molecule has 1 aliphatic rings. The Balaban J connectivity index is 2.40. The van der Waals surface area contributed by atoms with Gasteiger partial charge in [-0.1, -0.05) is 37.3 Å². The molecule has 42 heavy (non-hydrogen) atoms. The van der Waals surface area contributed by atoms with Gasteiger partial charge in [-0.25, -0.2) is 9.59 Å². The molecule has 8 nitrogen and oxygen atoms in total. The largest absolute Gasteiger partial charge is 0.478 e. The number of hydrogen-bond acceptors (Lipinski definition) is 4. The SMILES string of the molecule is [B][B]c1c(C)c(C(C)(C)c2c(C)c(C)c(C(=O)O)c(C(=O)NC)c2C)c([B])c(C(=O)NC2CCC(C)CC2)c1C(=O)O. The first-order valence-corrected chi connectivity index (χ1v) is 14.2. The highest BCUT2D eigenvalue weighted by Gasteiger charge is 2.38. The molecule has 2 aromatic carbocycles. The van der Waals surface area contributed by atoms with Crippen molar-refractivity contribution in [2.75, 3.05) is 7.05 Å². The summed E-state index contributed by atoms with van der Waals surface area (Å²) in [5.74, 6) is -3.12. The lowest BCUT2D eigenvalue weighted by atomic mass is 9.47. The van der Waals surface area contributed by atoms with Crippen molar-refractivity contribution in [3.8, 4) is 0 Å². The number of nitrogens with one attached hydrogen (secondary N) is 2. The molecule has 0 spiro atoms. The molecule has 2 aromatic rings. The molecule has 4 N–H and O–H groups in total. The molecular weight excluding hydrogens is 529 g/mol. The summed E-state index contributed by atoms with van der Waals surface area (Å²) >= 11 is 0. The van der Waals surface area contributed by atoms with E-state index in [1.165, 1.54) is 14.2 Å². The summed E-state index contributed by atoms with van der Waals surface area (Å²) in [5, 5.41) is 25.8. The van der Waals surface area contributed by atoms with Gasteiger partial charge >= 0.3 is 11.9 Å². The maximum Gasteiger partial charge on any atom is 0.336 e. The van der Waals surface area contributed by atoms with Crippen molar-refractivity contribution in [1.82, 2.24) is 10.6 Å². The summed E-state index contributed by atoms with van der Waals surface area (Å²) in [6, 6.07) is -0.108. The Hall–Kier alpha value is -3.49. The van der Waals surface area contributed by atoms with Gasteiger partial charge in [-0.05, 0) is 87.1 Å². The standard InChI is InChI=1S/C31H38B3N2O6/c1-13-9-11-18(12-10-13)36-28(38)21-22(30(41)42)26(34-33)17(5)24(25(21)32)31(6,7)23-15(3)14(2)20(29(39)40)19(16(23)4)27(37)35-8/h13,18H,9-12H2,1-8H3,(H,35,37)(H,36,38)(H,39,40)(H,41,42). The van der Waals surface area contributed by atoms with Crippen LogP contribution in [0.15, 0.2) is 0 Å². The average molecular weight is 567 g/mol. The topological polar surface area (TPSA) is 133 Å². The first kappa shape index (κ1) is 33.0. The smallest absolute Gasteiger partial charge is 0.336 e. The Morgan fingerprint density at radius 1 is 0.786 bits per heavy atom. The van der Waals surface area contributed by atoms with Crippen LogP contribution in [0.25, 0.3) is 0 Å². The van der Waals surface area contributed by atoms with Gasteiger partial charge in [0, 0.05) is 31.8 Å². The van der Waals surface area contributed by atoms with Crippen LogP contribution in [0.2, 0.25) is 0 Å². The van der Waals surface area contributed by atoms with Crippen LogP contribution in [0, 0.1) is 33.6 Å². The Bertz CT molecular complexity index is 1480. The monoisotopic (exact) mass is 567 g/mol. The third kappa shape index (κ3) is 5.62. The number of amides is 2. The van der Waals surface area contributed by atoms with Crippen molar-refractivity contribution in [1.29, 1.82) is 0 Å². The molecular formula is C31H38B3N2O6. The van der Waals surface area contributed by atoms with Gasteiger partial charge in [-0.15, -0.1) is 0 Å². The average Bonchev–Trinajstić information content (AvgIpc) is 2.90. The Kier molecular flexibility index (Phi) is 9.75. The highest BCUT2D eigenvalue weighted by atomic mass is 16.4. The van der Waals surface area contributed by atoms with E-state index in [0.717, 1.165) is 25.7 Å². The van der Waals surface area contributed by atoms with Crippen LogP contribution in [-0.2, 0) is 5.41 Å². The number of rotatable bonds is 8. The number of carbonyl (C=O) groups is 4. The van der Waals surface area contributed by atoms with Crippen LogP contribution in [0.4, 0.5) is 0 Å². The minimum atomic E-state index is -1.33. The zero-order valence-electron chi connectivity index (χ0n) is 25.7. The molecule has 0 aliphatic heterocycles. The molecule has 0 saturated heterocycles. The maximum absolute atomic E-state index is 13.8. The van der Waals surface area contributed by atoms with Crippen LogP contribution in [0.5, 0.6) is 0 Å². The van der Waals surface area contributed by atoms with Gasteiger partial charge in [0.05, 0.1) is 23.9 Å². The molecule has 0 atom stereocenters. The van der Waals surface area contributed by atoms with Gasteiger partial charge in [-0.3, -0.25) is 9.59 Å². The van der Waals surface area contributed by atoms with Crippen molar-refractivity contribution in [3.63, 3.8) is 0 Å². The normalized spacial score (nSPS) is 17.0. The molecule has 1 saturated carbocycles. The first-order chi connectivity index (χ1) is 19.5. The molecule has 217 valence electrons. The van der Waals surface area contributed by atoms with E-state index in [1.54, 1.807) is 27.7 Å². The predicted molar refractivity (Wildman–Crippen MR) is 167 cm³/mol. The fraction of sp³-hybridized carbons (Fsp3) is 0.484. The third-order valence-electron chi connectivity index (χ3n) is 9.03. The first-order valence-electron chi connectivity index (χ1n) is 14.2. The van der Waals surface area contributed by atoms with E-state index >= 15 is 0 Å². The predicted octanol–water partition coefficient (Wildman–Crippen LogP) is 2.52. The summed E-state index contributed by atoms with van der Waals surface area (Å²) in [4.78, 5) is 51.7. The van der Waals surface area contributed by atoms with Crippen molar-refractivity contribution in [2.24, 2.45) is 5.92 Å². The van der Waals surface area contributed by atoms with Crippen LogP contribution in [0.1, 0.15) is 121 Å². The van der Waals surface area contributed by atoms with E-state index in [2.05, 4.69) is 17.6 Å². The molecule has 11 heteroatoms. The van der Waals surface area contributed by atoms with E-state index in [-0.39, 0.29) is 39.2 Å². The molecule has 0 aromatic heterocycles. The van der Waals surface area contributed by atoms with E-state index in [1.807, 2.05) is 13.8 Å². The fourth-order valence-corrected chi connectivity index (χ4v) is 6.95. The van der Waals surface area contributed by atoms with Crippen molar-refractivity contribution < 1.29 is 29.4 Å². The summed E-state index contributed by atoms with van der Waals surface area (Å²) in [6.07, 6.45) is 3.48. The van der Waals surface area contributed by atoms with Crippen LogP contribution in [0.3, 0.4) is 0 Å². The quantitative estimate of drug-likeness (QED) is 0.363. The van der Waals surface area contributed by atoms with Crippen LogP contribution in [-0.4, -0.2) is 69.8 Å². The Morgan fingerprint density at radius 2 is 1.33 bits per heavy atom. The summed E-state index contributed by atoms with van der Waals surface area (Å²) < 4.78 is 0. The maximum atomic E-state index is 13.8. The second-order valence-electron chi connectivity index (χ2n) is 12.0. The molecule has 0 heterocycles. The molecule has 0 bridgehead atoms. The second-order valence-corrected chi connectivity index (χ2v) is 12.0. The summed E-state index contributed by atoms with van der Waals surface area (Å²) in [6.45, 7) is 12.7. The Labute approximate surface area is 251 Å². The molecule has 1 aliphatic carbocycles. The van der Waals surface area contributed by atoms with Gasteiger partial charge in [0.2, 0.25) is 0 Å². The highest BCUT2D eigenvalue weighted by molar-refractivity contribution is 6.98. The van der Waals surface area contributed by atoms with Crippen LogP contribution < -0.4 is 21.6 Å². The van der Waals surface area contributed by atoms with E-state index in [0.29, 0.717) is 39.3 Å². The minimum Gasteiger partial charge on any atom is -0.478 e.